The quantitative estimate of drug-likeness (QED) is 0.318. The van der Waals surface area contributed by atoms with E-state index in [0.717, 1.165) is 25.7 Å². The van der Waals surface area contributed by atoms with Gasteiger partial charge in [-0.25, -0.2) is 8.42 Å². The van der Waals surface area contributed by atoms with E-state index in [0.29, 0.717) is 42.8 Å². The lowest BCUT2D eigenvalue weighted by Gasteiger charge is -2.26. The molecule has 4 rings (SSSR count). The van der Waals surface area contributed by atoms with E-state index in [1.165, 1.54) is 36.0 Å². The van der Waals surface area contributed by atoms with Gasteiger partial charge in [0.25, 0.3) is 0 Å². The molecule has 186 valence electrons. The second-order valence-corrected chi connectivity index (χ2v) is 11.9. The number of hydrogen-bond acceptors (Lipinski definition) is 8. The minimum atomic E-state index is -3.63. The average Bonchev–Trinajstić information content (AvgIpc) is 3.09. The molecule has 0 spiro atoms. The minimum absolute atomic E-state index is 0.194. The second-order valence-electron chi connectivity index (χ2n) is 8.65. The summed E-state index contributed by atoms with van der Waals surface area (Å²) in [5.74, 6) is 0.311. The maximum Gasteiger partial charge on any atom is 0.318 e. The SMILES string of the molecule is COC(=O)[C@H](C)Sc1nnc(-c2cccc(S(=O)(=O)N3CCOCC3)c2)n1C1CCCCCC1. The van der Waals surface area contributed by atoms with Crippen molar-refractivity contribution >= 4 is 27.8 Å². The Morgan fingerprint density at radius 1 is 1.15 bits per heavy atom. The second kappa shape index (κ2) is 11.2. The summed E-state index contributed by atoms with van der Waals surface area (Å²) >= 11 is 1.33. The zero-order valence-electron chi connectivity index (χ0n) is 19.7. The highest BCUT2D eigenvalue weighted by molar-refractivity contribution is 8.00. The van der Waals surface area contributed by atoms with Crippen LogP contribution in [0.1, 0.15) is 51.5 Å². The fourth-order valence-corrected chi connectivity index (χ4v) is 6.90. The molecule has 11 heteroatoms. The van der Waals surface area contributed by atoms with Crippen molar-refractivity contribution in [3.05, 3.63) is 24.3 Å². The van der Waals surface area contributed by atoms with Crippen LogP contribution >= 0.6 is 11.8 Å². The molecule has 2 aliphatic rings. The van der Waals surface area contributed by atoms with Crippen molar-refractivity contribution in [3.8, 4) is 11.4 Å². The Bertz CT molecular complexity index is 1090. The maximum absolute atomic E-state index is 13.2. The fraction of sp³-hybridized carbons (Fsp3) is 0.609. The van der Waals surface area contributed by atoms with Gasteiger partial charge in [0.15, 0.2) is 11.0 Å². The predicted octanol–water partition coefficient (Wildman–Crippen LogP) is 3.51. The van der Waals surface area contributed by atoms with E-state index in [4.69, 9.17) is 9.47 Å². The number of thioether (sulfide) groups is 1. The van der Waals surface area contributed by atoms with Crippen LogP contribution in [-0.4, -0.2) is 72.1 Å². The Morgan fingerprint density at radius 3 is 2.53 bits per heavy atom. The van der Waals surface area contributed by atoms with Gasteiger partial charge in [-0.2, -0.15) is 4.31 Å². The predicted molar refractivity (Wildman–Crippen MR) is 129 cm³/mol. The first-order valence-corrected chi connectivity index (χ1v) is 14.1. The van der Waals surface area contributed by atoms with Gasteiger partial charge >= 0.3 is 5.97 Å². The molecule has 1 aromatic heterocycles. The number of sulfonamides is 1. The molecule has 2 aromatic rings. The topological polar surface area (TPSA) is 104 Å². The van der Waals surface area contributed by atoms with E-state index in [1.807, 2.05) is 6.07 Å². The van der Waals surface area contributed by atoms with Gasteiger partial charge in [-0.05, 0) is 31.9 Å². The Hall–Kier alpha value is -1.95. The highest BCUT2D eigenvalue weighted by Crippen LogP contribution is 2.36. The standard InChI is InChI=1S/C23H32N4O5S2/c1-17(22(28)31-2)33-23-25-24-21(27(23)19-9-5-3-4-6-10-19)18-8-7-11-20(16-18)34(29,30)26-12-14-32-15-13-26/h7-8,11,16-17,19H,3-6,9-10,12-15H2,1-2H3/t17-/m0/s1. The van der Waals surface area contributed by atoms with Crippen LogP contribution < -0.4 is 0 Å². The number of hydrogen-bond donors (Lipinski definition) is 0. The normalized spacial score (nSPS) is 19.5. The van der Waals surface area contributed by atoms with Crippen molar-refractivity contribution in [1.29, 1.82) is 0 Å². The van der Waals surface area contributed by atoms with Gasteiger partial charge in [-0.3, -0.25) is 9.36 Å². The Labute approximate surface area is 205 Å². The zero-order valence-corrected chi connectivity index (χ0v) is 21.3. The van der Waals surface area contributed by atoms with Crippen molar-refractivity contribution < 1.29 is 22.7 Å². The molecule has 1 aliphatic carbocycles. The molecule has 2 fully saturated rings. The average molecular weight is 509 g/mol. The first-order valence-electron chi connectivity index (χ1n) is 11.8. The van der Waals surface area contributed by atoms with Crippen molar-refractivity contribution in [2.45, 2.75) is 66.8 Å². The molecule has 0 bridgehead atoms. The van der Waals surface area contributed by atoms with Gasteiger partial charge in [0.05, 0.1) is 25.2 Å². The Morgan fingerprint density at radius 2 is 1.85 bits per heavy atom. The van der Waals surface area contributed by atoms with Crippen LogP contribution in [0.25, 0.3) is 11.4 Å². The lowest BCUT2D eigenvalue weighted by molar-refractivity contribution is -0.139. The smallest absolute Gasteiger partial charge is 0.318 e. The highest BCUT2D eigenvalue weighted by Gasteiger charge is 2.29. The van der Waals surface area contributed by atoms with Crippen LogP contribution in [0.4, 0.5) is 0 Å². The molecular weight excluding hydrogens is 476 g/mol. The van der Waals surface area contributed by atoms with E-state index < -0.39 is 15.3 Å². The van der Waals surface area contributed by atoms with Crippen molar-refractivity contribution in [2.75, 3.05) is 33.4 Å². The Balaban J connectivity index is 1.72. The molecule has 34 heavy (non-hydrogen) atoms. The fourth-order valence-electron chi connectivity index (χ4n) is 4.50. The number of nitrogens with zero attached hydrogens (tertiary/aromatic N) is 4. The zero-order chi connectivity index (χ0) is 24.1. The summed E-state index contributed by atoms with van der Waals surface area (Å²) in [4.78, 5) is 12.3. The summed E-state index contributed by atoms with van der Waals surface area (Å²) in [6.45, 7) is 3.27. The molecule has 2 heterocycles. The van der Waals surface area contributed by atoms with Crippen LogP contribution in [0, 0.1) is 0 Å². The van der Waals surface area contributed by atoms with E-state index in [-0.39, 0.29) is 16.9 Å². The molecule has 1 saturated carbocycles. The number of morpholine rings is 1. The number of aromatic nitrogens is 3. The molecule has 0 radical (unpaired) electrons. The molecule has 0 N–H and O–H groups in total. The third kappa shape index (κ3) is 5.48. The lowest BCUT2D eigenvalue weighted by atomic mass is 10.1. The molecule has 0 unspecified atom stereocenters. The molecular formula is C23H32N4O5S2. The van der Waals surface area contributed by atoms with Crippen LogP contribution in [0.3, 0.4) is 0 Å². The molecule has 9 nitrogen and oxygen atoms in total. The number of esters is 1. The minimum Gasteiger partial charge on any atom is -0.468 e. The molecule has 0 amide bonds. The number of methoxy groups -OCH3 is 1. The van der Waals surface area contributed by atoms with Gasteiger partial charge in [0, 0.05) is 24.7 Å². The van der Waals surface area contributed by atoms with Gasteiger partial charge < -0.3 is 9.47 Å². The van der Waals surface area contributed by atoms with Crippen LogP contribution in [0.15, 0.2) is 34.3 Å². The summed E-state index contributed by atoms with van der Waals surface area (Å²) in [7, 11) is -2.26. The van der Waals surface area contributed by atoms with Crippen molar-refractivity contribution in [1.82, 2.24) is 19.1 Å². The van der Waals surface area contributed by atoms with Gasteiger partial charge in [0.1, 0.15) is 5.25 Å². The van der Waals surface area contributed by atoms with E-state index >= 15 is 0 Å². The van der Waals surface area contributed by atoms with Crippen LogP contribution in [0.2, 0.25) is 0 Å². The van der Waals surface area contributed by atoms with E-state index in [9.17, 15) is 13.2 Å². The van der Waals surface area contributed by atoms with Crippen LogP contribution in [0.5, 0.6) is 0 Å². The molecule has 1 aromatic carbocycles. The molecule has 1 aliphatic heterocycles. The number of carbonyl (C=O) groups is 1. The summed E-state index contributed by atoms with van der Waals surface area (Å²) in [5, 5.41) is 9.13. The first kappa shape index (κ1) is 25.2. The number of ether oxygens (including phenoxy) is 2. The van der Waals surface area contributed by atoms with E-state index in [1.54, 1.807) is 25.1 Å². The van der Waals surface area contributed by atoms with Crippen molar-refractivity contribution in [3.63, 3.8) is 0 Å². The number of carbonyl (C=O) groups excluding carboxylic acids is 1. The summed E-state index contributed by atoms with van der Waals surface area (Å²) in [6.07, 6.45) is 6.62. The molecule has 1 saturated heterocycles. The lowest BCUT2D eigenvalue weighted by Crippen LogP contribution is -2.40. The third-order valence-electron chi connectivity index (χ3n) is 6.37. The van der Waals surface area contributed by atoms with Gasteiger partial charge in [-0.15, -0.1) is 10.2 Å². The monoisotopic (exact) mass is 508 g/mol. The summed E-state index contributed by atoms with van der Waals surface area (Å²) in [6, 6.07) is 7.11. The Kier molecular flexibility index (Phi) is 8.28. The van der Waals surface area contributed by atoms with Gasteiger partial charge in [0.2, 0.25) is 10.0 Å². The third-order valence-corrected chi connectivity index (χ3v) is 9.30. The number of rotatable bonds is 7. The summed E-state index contributed by atoms with van der Waals surface area (Å²) < 4.78 is 40.2. The largest absolute Gasteiger partial charge is 0.468 e. The summed E-state index contributed by atoms with van der Waals surface area (Å²) in [5.41, 5.74) is 0.698. The van der Waals surface area contributed by atoms with E-state index in [2.05, 4.69) is 14.8 Å². The first-order chi connectivity index (χ1) is 16.4. The van der Waals surface area contributed by atoms with Crippen LogP contribution in [-0.2, 0) is 24.3 Å². The maximum atomic E-state index is 13.2. The highest BCUT2D eigenvalue weighted by atomic mass is 32.2. The van der Waals surface area contributed by atoms with Crippen molar-refractivity contribution in [2.24, 2.45) is 0 Å². The van der Waals surface area contributed by atoms with Gasteiger partial charge in [-0.1, -0.05) is 49.6 Å². The number of benzene rings is 1. The molecule has 1 atom stereocenters.